The molecule has 2 amide bonds. The van der Waals surface area contributed by atoms with Gasteiger partial charge in [-0.05, 0) is 49.7 Å². The van der Waals surface area contributed by atoms with Crippen LogP contribution in [0.15, 0.2) is 36.4 Å². The quantitative estimate of drug-likeness (QED) is 0.660. The summed E-state index contributed by atoms with van der Waals surface area (Å²) in [5, 5.41) is 2.83. The number of carbonyl (C=O) groups is 3. The van der Waals surface area contributed by atoms with Gasteiger partial charge in [0.05, 0.1) is 20.8 Å². The van der Waals surface area contributed by atoms with E-state index in [2.05, 4.69) is 5.32 Å². The Labute approximate surface area is 185 Å². The van der Waals surface area contributed by atoms with Gasteiger partial charge in [-0.25, -0.2) is 4.79 Å². The third-order valence-electron chi connectivity index (χ3n) is 5.51. The van der Waals surface area contributed by atoms with Crippen molar-refractivity contribution in [3.8, 4) is 17.2 Å². The van der Waals surface area contributed by atoms with Crippen molar-refractivity contribution in [1.82, 2.24) is 4.90 Å². The van der Waals surface area contributed by atoms with E-state index in [0.29, 0.717) is 35.8 Å². The van der Waals surface area contributed by atoms with Crippen molar-refractivity contribution in [2.75, 3.05) is 26.1 Å². The third-order valence-corrected chi connectivity index (χ3v) is 5.51. The molecule has 0 spiro atoms. The number of likely N-dealkylation sites (tertiary alicyclic amines) is 1. The van der Waals surface area contributed by atoms with Crippen molar-refractivity contribution >= 4 is 23.5 Å². The summed E-state index contributed by atoms with van der Waals surface area (Å²) in [6.45, 7) is 2.43. The number of fused-ring (bicyclic) bond motifs is 1. The van der Waals surface area contributed by atoms with Crippen molar-refractivity contribution in [3.05, 3.63) is 47.5 Å². The van der Waals surface area contributed by atoms with Crippen LogP contribution in [0.5, 0.6) is 17.2 Å². The zero-order valence-electron chi connectivity index (χ0n) is 18.0. The highest BCUT2D eigenvalue weighted by molar-refractivity contribution is 6.01. The predicted octanol–water partition coefficient (Wildman–Crippen LogP) is 2.90. The number of hydrogen-bond donors (Lipinski definition) is 1. The van der Waals surface area contributed by atoms with Crippen molar-refractivity contribution < 1.29 is 33.3 Å². The largest absolute Gasteiger partial charge is 0.494 e. The number of nitrogens with zero attached hydrogens (tertiary/aromatic N) is 1. The molecular formula is C23H24N2O7. The van der Waals surface area contributed by atoms with Gasteiger partial charge in [0, 0.05) is 17.7 Å². The van der Waals surface area contributed by atoms with Gasteiger partial charge in [0.15, 0.2) is 11.5 Å². The number of anilines is 1. The van der Waals surface area contributed by atoms with E-state index in [-0.39, 0.29) is 29.5 Å². The van der Waals surface area contributed by atoms with Gasteiger partial charge in [-0.3, -0.25) is 14.5 Å². The first-order valence-electron chi connectivity index (χ1n) is 10.3. The minimum absolute atomic E-state index is 0.179. The van der Waals surface area contributed by atoms with E-state index in [1.807, 2.05) is 6.92 Å². The van der Waals surface area contributed by atoms with E-state index < -0.39 is 18.2 Å². The molecule has 1 N–H and O–H groups in total. The van der Waals surface area contributed by atoms with Gasteiger partial charge in [0.2, 0.25) is 18.0 Å². The maximum Gasteiger partial charge on any atom is 0.344 e. The number of cyclic esters (lactones) is 1. The Morgan fingerprint density at radius 1 is 1.12 bits per heavy atom. The highest BCUT2D eigenvalue weighted by atomic mass is 16.6. The minimum Gasteiger partial charge on any atom is -0.494 e. The van der Waals surface area contributed by atoms with Gasteiger partial charge < -0.3 is 24.3 Å². The summed E-state index contributed by atoms with van der Waals surface area (Å²) in [4.78, 5) is 39.7. The van der Waals surface area contributed by atoms with E-state index >= 15 is 0 Å². The number of amides is 2. The van der Waals surface area contributed by atoms with Gasteiger partial charge in [-0.1, -0.05) is 0 Å². The van der Waals surface area contributed by atoms with Gasteiger partial charge in [0.25, 0.3) is 0 Å². The molecule has 0 saturated carbocycles. The first-order chi connectivity index (χ1) is 15.5. The molecule has 9 nitrogen and oxygen atoms in total. The second kappa shape index (κ2) is 8.78. The molecule has 0 aliphatic carbocycles. The molecule has 0 radical (unpaired) electrons. The number of nitrogens with one attached hydrogen (secondary N) is 1. The molecule has 2 aromatic rings. The molecule has 0 bridgehead atoms. The monoisotopic (exact) mass is 440 g/mol. The fourth-order valence-corrected chi connectivity index (χ4v) is 4.07. The van der Waals surface area contributed by atoms with Crippen LogP contribution in [-0.4, -0.2) is 49.6 Å². The topological polar surface area (TPSA) is 103 Å². The molecule has 0 unspecified atom stereocenters. The van der Waals surface area contributed by atoms with Crippen LogP contribution < -0.4 is 19.5 Å². The number of methoxy groups -OCH3 is 2. The van der Waals surface area contributed by atoms with Crippen LogP contribution in [0.3, 0.4) is 0 Å². The first-order valence-corrected chi connectivity index (χ1v) is 10.3. The van der Waals surface area contributed by atoms with Gasteiger partial charge >= 0.3 is 5.97 Å². The highest BCUT2D eigenvalue weighted by Crippen LogP contribution is 2.45. The average Bonchev–Trinajstić information content (AvgIpc) is 3.34. The van der Waals surface area contributed by atoms with Gasteiger partial charge in [0.1, 0.15) is 17.4 Å². The summed E-state index contributed by atoms with van der Waals surface area (Å²) in [6.07, 6.45) is -0.514. The van der Waals surface area contributed by atoms with E-state index in [4.69, 9.17) is 18.9 Å². The highest BCUT2D eigenvalue weighted by Gasteiger charge is 2.47. The van der Waals surface area contributed by atoms with Crippen molar-refractivity contribution in [1.29, 1.82) is 0 Å². The molecule has 9 heteroatoms. The summed E-state index contributed by atoms with van der Waals surface area (Å²) in [5.74, 6) is 0.0522. The first kappa shape index (κ1) is 21.5. The molecule has 4 rings (SSSR count). The van der Waals surface area contributed by atoms with Gasteiger partial charge in [-0.2, -0.15) is 0 Å². The SMILES string of the molecule is CCOc1ccc(NC(=O)[C@H]2CCC(=O)N2[C@H]2OC(=O)c3c2ccc(OC)c3OC)cc1. The van der Waals surface area contributed by atoms with Crippen molar-refractivity contribution in [2.24, 2.45) is 0 Å². The van der Waals surface area contributed by atoms with Crippen LogP contribution in [-0.2, 0) is 14.3 Å². The van der Waals surface area contributed by atoms with E-state index in [1.165, 1.54) is 19.1 Å². The Balaban J connectivity index is 1.59. The predicted molar refractivity (Wildman–Crippen MR) is 114 cm³/mol. The fraction of sp³-hybridized carbons (Fsp3) is 0.348. The summed E-state index contributed by atoms with van der Waals surface area (Å²) in [6, 6.07) is 9.47. The number of esters is 1. The van der Waals surface area contributed by atoms with Crippen LogP contribution in [0.4, 0.5) is 5.69 Å². The number of carbonyl (C=O) groups excluding carboxylic acids is 3. The summed E-state index contributed by atoms with van der Waals surface area (Å²) < 4.78 is 21.5. The van der Waals surface area contributed by atoms with Crippen molar-refractivity contribution in [3.63, 3.8) is 0 Å². The Morgan fingerprint density at radius 3 is 2.53 bits per heavy atom. The Bertz CT molecular complexity index is 1050. The third kappa shape index (κ3) is 3.70. The van der Waals surface area contributed by atoms with Crippen molar-refractivity contribution in [2.45, 2.75) is 32.0 Å². The fourth-order valence-electron chi connectivity index (χ4n) is 4.07. The molecule has 168 valence electrons. The number of benzene rings is 2. The lowest BCUT2D eigenvalue weighted by Gasteiger charge is -2.29. The molecule has 2 atom stereocenters. The Kier molecular flexibility index (Phi) is 5.89. The summed E-state index contributed by atoms with van der Waals surface area (Å²) in [5.41, 5.74) is 1.23. The molecule has 2 heterocycles. The van der Waals surface area contributed by atoms with Crippen LogP contribution in [0, 0.1) is 0 Å². The van der Waals surface area contributed by atoms with Crippen LogP contribution >= 0.6 is 0 Å². The molecule has 2 aliphatic rings. The van der Waals surface area contributed by atoms with E-state index in [1.54, 1.807) is 36.4 Å². The van der Waals surface area contributed by atoms with Gasteiger partial charge in [-0.15, -0.1) is 0 Å². The lowest BCUT2D eigenvalue weighted by molar-refractivity contribution is -0.144. The molecule has 1 saturated heterocycles. The van der Waals surface area contributed by atoms with Crippen LogP contribution in [0.1, 0.15) is 41.9 Å². The molecule has 2 aromatic carbocycles. The van der Waals surface area contributed by atoms with Crippen LogP contribution in [0.2, 0.25) is 0 Å². The Morgan fingerprint density at radius 2 is 1.88 bits per heavy atom. The number of hydrogen-bond acceptors (Lipinski definition) is 7. The molecule has 2 aliphatic heterocycles. The number of ether oxygens (including phenoxy) is 4. The maximum absolute atomic E-state index is 13.0. The summed E-state index contributed by atoms with van der Waals surface area (Å²) in [7, 11) is 2.89. The number of rotatable bonds is 7. The van der Waals surface area contributed by atoms with E-state index in [0.717, 1.165) is 0 Å². The summed E-state index contributed by atoms with van der Waals surface area (Å²) >= 11 is 0. The smallest absolute Gasteiger partial charge is 0.344 e. The standard InChI is InChI=1S/C23H24N2O7/c1-4-31-14-7-5-13(6-8-14)24-21(27)16-10-12-18(26)25(16)22-15-9-11-17(29-2)20(30-3)19(15)23(28)32-22/h5-9,11,16,22H,4,10,12H2,1-3H3,(H,24,27)/t16-,22+/m1/s1. The lowest BCUT2D eigenvalue weighted by atomic mass is 10.1. The Hall–Kier alpha value is -3.75. The normalized spacial score (nSPS) is 19.4. The second-order valence-electron chi connectivity index (χ2n) is 7.33. The average molecular weight is 440 g/mol. The zero-order valence-corrected chi connectivity index (χ0v) is 18.0. The van der Waals surface area contributed by atoms with E-state index in [9.17, 15) is 14.4 Å². The molecule has 32 heavy (non-hydrogen) atoms. The van der Waals surface area contributed by atoms with Crippen LogP contribution in [0.25, 0.3) is 0 Å². The molecular weight excluding hydrogens is 416 g/mol. The zero-order chi connectivity index (χ0) is 22.8. The molecule has 0 aromatic heterocycles. The second-order valence-corrected chi connectivity index (χ2v) is 7.33. The maximum atomic E-state index is 13.0. The lowest BCUT2D eigenvalue weighted by Crippen LogP contribution is -2.43. The minimum atomic E-state index is -1.01. The molecule has 1 fully saturated rings.